The van der Waals surface area contributed by atoms with Crippen molar-refractivity contribution in [3.8, 4) is 0 Å². The van der Waals surface area contributed by atoms with Gasteiger partial charge < -0.3 is 5.73 Å². The highest BCUT2D eigenvalue weighted by atomic mass is 14.7. The Bertz CT molecular complexity index is 345. The molecule has 1 nitrogen and oxygen atoms in total. The molecule has 0 aliphatic rings. The molecule has 1 atom stereocenters. The van der Waals surface area contributed by atoms with E-state index in [4.69, 9.17) is 5.73 Å². The van der Waals surface area contributed by atoms with Crippen LogP contribution in [-0.2, 0) is 11.0 Å². The molecule has 2 N–H and O–H groups in total. The lowest BCUT2D eigenvalue weighted by Gasteiger charge is -2.29. The molecular formula is C16H27N. The Balaban J connectivity index is 3.01. The van der Waals surface area contributed by atoms with Gasteiger partial charge in [-0.15, -0.1) is 0 Å². The van der Waals surface area contributed by atoms with Crippen LogP contribution >= 0.6 is 0 Å². The van der Waals surface area contributed by atoms with Gasteiger partial charge in [-0.05, 0) is 29.4 Å². The second-order valence-corrected chi connectivity index (χ2v) is 6.09. The molecule has 0 saturated heterocycles. The molecule has 0 aromatic heterocycles. The molecule has 1 rings (SSSR count). The van der Waals surface area contributed by atoms with Crippen LogP contribution < -0.4 is 5.73 Å². The lowest BCUT2D eigenvalue weighted by Crippen LogP contribution is -2.35. The molecule has 1 aromatic carbocycles. The maximum atomic E-state index is 6.49. The summed E-state index contributed by atoms with van der Waals surface area (Å²) in [6.07, 6.45) is 3.18. The second-order valence-electron chi connectivity index (χ2n) is 6.09. The summed E-state index contributed by atoms with van der Waals surface area (Å²) in [6, 6.07) is 8.87. The van der Waals surface area contributed by atoms with Gasteiger partial charge in [0.05, 0.1) is 0 Å². The molecule has 0 bridgehead atoms. The molecule has 0 saturated carbocycles. The molecular weight excluding hydrogens is 206 g/mol. The van der Waals surface area contributed by atoms with Gasteiger partial charge in [-0.2, -0.15) is 0 Å². The monoisotopic (exact) mass is 233 g/mol. The van der Waals surface area contributed by atoms with E-state index in [9.17, 15) is 0 Å². The summed E-state index contributed by atoms with van der Waals surface area (Å²) in [5.41, 5.74) is 9.20. The van der Waals surface area contributed by atoms with Crippen molar-refractivity contribution in [3.63, 3.8) is 0 Å². The Morgan fingerprint density at radius 3 is 1.76 bits per heavy atom. The normalized spacial score (nSPS) is 15.6. The van der Waals surface area contributed by atoms with E-state index in [1.807, 2.05) is 0 Å². The Morgan fingerprint density at radius 2 is 1.41 bits per heavy atom. The molecule has 0 spiro atoms. The van der Waals surface area contributed by atoms with Crippen molar-refractivity contribution in [2.24, 2.45) is 5.73 Å². The van der Waals surface area contributed by atoms with E-state index in [-0.39, 0.29) is 11.0 Å². The Kier molecular flexibility index (Phi) is 4.37. The number of rotatable bonds is 4. The topological polar surface area (TPSA) is 26.0 Å². The summed E-state index contributed by atoms with van der Waals surface area (Å²) in [6.45, 7) is 11.1. The van der Waals surface area contributed by atoms with E-state index in [0.29, 0.717) is 0 Å². The van der Waals surface area contributed by atoms with Crippen LogP contribution in [0.25, 0.3) is 0 Å². The lowest BCUT2D eigenvalue weighted by molar-refractivity contribution is 0.389. The van der Waals surface area contributed by atoms with Crippen molar-refractivity contribution in [3.05, 3.63) is 35.4 Å². The van der Waals surface area contributed by atoms with Gasteiger partial charge in [-0.3, -0.25) is 0 Å². The highest BCUT2D eigenvalue weighted by Gasteiger charge is 2.24. The van der Waals surface area contributed by atoms with Crippen molar-refractivity contribution >= 4 is 0 Å². The maximum Gasteiger partial charge on any atom is 0.0406 e. The largest absolute Gasteiger partial charge is 0.321 e. The van der Waals surface area contributed by atoms with Crippen LogP contribution in [0.1, 0.15) is 65.0 Å². The first-order valence-corrected chi connectivity index (χ1v) is 6.73. The van der Waals surface area contributed by atoms with E-state index in [2.05, 4.69) is 58.9 Å². The molecule has 0 heterocycles. The summed E-state index contributed by atoms with van der Waals surface area (Å²) in [5.74, 6) is 0. The van der Waals surface area contributed by atoms with Crippen LogP contribution in [0.3, 0.4) is 0 Å². The maximum absolute atomic E-state index is 6.49. The Labute approximate surface area is 106 Å². The summed E-state index contributed by atoms with van der Waals surface area (Å²) in [4.78, 5) is 0. The van der Waals surface area contributed by atoms with Crippen LogP contribution in [0.5, 0.6) is 0 Å². The second kappa shape index (κ2) is 5.22. The average Bonchev–Trinajstić information content (AvgIpc) is 2.28. The minimum absolute atomic E-state index is 0.148. The van der Waals surface area contributed by atoms with E-state index in [1.165, 1.54) is 11.1 Å². The minimum atomic E-state index is -0.148. The summed E-state index contributed by atoms with van der Waals surface area (Å²) in [7, 11) is 0. The number of hydrogen-bond donors (Lipinski definition) is 1. The van der Waals surface area contributed by atoms with Gasteiger partial charge in [-0.1, -0.05) is 65.3 Å². The van der Waals surface area contributed by atoms with E-state index < -0.39 is 0 Å². The fraction of sp³-hybridized carbons (Fsp3) is 0.625. The first-order chi connectivity index (χ1) is 7.83. The fourth-order valence-corrected chi connectivity index (χ4v) is 2.27. The van der Waals surface area contributed by atoms with Crippen LogP contribution in [0.2, 0.25) is 0 Å². The van der Waals surface area contributed by atoms with Gasteiger partial charge in [0.2, 0.25) is 0 Å². The highest BCUT2D eigenvalue weighted by molar-refractivity contribution is 5.31. The molecule has 1 unspecified atom stereocenters. The average molecular weight is 233 g/mol. The van der Waals surface area contributed by atoms with Gasteiger partial charge in [-0.25, -0.2) is 0 Å². The predicted molar refractivity (Wildman–Crippen MR) is 76.2 cm³/mol. The first kappa shape index (κ1) is 14.2. The quantitative estimate of drug-likeness (QED) is 0.822. The summed E-state index contributed by atoms with van der Waals surface area (Å²) in [5, 5.41) is 0. The standard InChI is InChI=1S/C16H27N/c1-6-12-16(17,7-2)14-10-8-13(9-11-14)15(3,4)5/h8-11H,6-7,12,17H2,1-5H3. The van der Waals surface area contributed by atoms with Gasteiger partial charge in [0.25, 0.3) is 0 Å². The first-order valence-electron chi connectivity index (χ1n) is 6.73. The molecule has 17 heavy (non-hydrogen) atoms. The van der Waals surface area contributed by atoms with Gasteiger partial charge in [0.15, 0.2) is 0 Å². The molecule has 0 aliphatic carbocycles. The number of hydrogen-bond acceptors (Lipinski definition) is 1. The van der Waals surface area contributed by atoms with Crippen LogP contribution in [-0.4, -0.2) is 0 Å². The molecule has 0 aliphatic heterocycles. The van der Waals surface area contributed by atoms with Gasteiger partial charge >= 0.3 is 0 Å². The third-order valence-electron chi connectivity index (χ3n) is 3.65. The molecule has 0 amide bonds. The van der Waals surface area contributed by atoms with Crippen molar-refractivity contribution < 1.29 is 0 Å². The Hall–Kier alpha value is -0.820. The molecule has 1 heteroatoms. The third-order valence-corrected chi connectivity index (χ3v) is 3.65. The summed E-state index contributed by atoms with van der Waals surface area (Å²) >= 11 is 0. The van der Waals surface area contributed by atoms with Gasteiger partial charge in [0.1, 0.15) is 0 Å². The van der Waals surface area contributed by atoms with Crippen LogP contribution in [0.15, 0.2) is 24.3 Å². The third kappa shape index (κ3) is 3.32. The SMILES string of the molecule is CCCC(N)(CC)c1ccc(C(C)(C)C)cc1. The molecule has 1 aromatic rings. The van der Waals surface area contributed by atoms with Crippen LogP contribution in [0.4, 0.5) is 0 Å². The molecule has 0 radical (unpaired) electrons. The van der Waals surface area contributed by atoms with Crippen molar-refractivity contribution in [1.29, 1.82) is 0 Å². The number of benzene rings is 1. The van der Waals surface area contributed by atoms with Crippen molar-refractivity contribution in [2.45, 2.75) is 64.8 Å². The van der Waals surface area contributed by atoms with E-state index in [0.717, 1.165) is 19.3 Å². The van der Waals surface area contributed by atoms with Crippen LogP contribution in [0, 0.1) is 0 Å². The zero-order chi connectivity index (χ0) is 13.1. The van der Waals surface area contributed by atoms with Crippen molar-refractivity contribution in [1.82, 2.24) is 0 Å². The smallest absolute Gasteiger partial charge is 0.0406 e. The highest BCUT2D eigenvalue weighted by Crippen LogP contribution is 2.29. The number of nitrogens with two attached hydrogens (primary N) is 1. The fourth-order valence-electron chi connectivity index (χ4n) is 2.27. The van der Waals surface area contributed by atoms with Gasteiger partial charge in [0, 0.05) is 5.54 Å². The minimum Gasteiger partial charge on any atom is -0.321 e. The van der Waals surface area contributed by atoms with E-state index in [1.54, 1.807) is 0 Å². The zero-order valence-electron chi connectivity index (χ0n) is 12.0. The van der Waals surface area contributed by atoms with Crippen molar-refractivity contribution in [2.75, 3.05) is 0 Å². The molecule has 0 fully saturated rings. The zero-order valence-corrected chi connectivity index (χ0v) is 12.0. The predicted octanol–water partition coefficient (Wildman–Crippen LogP) is 4.35. The van der Waals surface area contributed by atoms with E-state index >= 15 is 0 Å². The lowest BCUT2D eigenvalue weighted by atomic mass is 9.81. The summed E-state index contributed by atoms with van der Waals surface area (Å²) < 4.78 is 0. The Morgan fingerprint density at radius 1 is 0.941 bits per heavy atom. The molecule has 96 valence electrons.